The Morgan fingerprint density at radius 3 is 1.50 bits per heavy atom. The highest BCUT2D eigenvalue weighted by molar-refractivity contribution is 5.94. The number of amides is 1. The molecule has 1 heterocycles. The number of unbranched alkanes of at least 4 members (excludes halogenated alkanes) is 11. The number of aliphatic hydroxyl groups excluding tert-OH is 4. The van der Waals surface area contributed by atoms with E-state index in [9.17, 15) is 25.2 Å². The molecule has 1 aliphatic heterocycles. The highest BCUT2D eigenvalue weighted by Gasteiger charge is 2.36. The first-order chi connectivity index (χ1) is 28.4. The zero-order chi connectivity index (χ0) is 42.2. The van der Waals surface area contributed by atoms with Crippen molar-refractivity contribution in [2.24, 2.45) is 0 Å². The first kappa shape index (κ1) is 49.7. The second-order valence-electron chi connectivity index (χ2n) is 12.6. The lowest BCUT2D eigenvalue weighted by molar-refractivity contribution is -0.156. The van der Waals surface area contributed by atoms with Crippen molar-refractivity contribution in [3.8, 4) is 142 Å². The summed E-state index contributed by atoms with van der Waals surface area (Å²) in [6.07, 6.45) is 15.1. The van der Waals surface area contributed by atoms with Crippen LogP contribution in [0.3, 0.4) is 0 Å². The van der Waals surface area contributed by atoms with Crippen molar-refractivity contribution >= 4 is 5.91 Å². The Morgan fingerprint density at radius 1 is 0.638 bits per heavy atom. The quantitative estimate of drug-likeness (QED) is 0.0779. The van der Waals surface area contributed by atoms with Crippen molar-refractivity contribution in [2.45, 2.75) is 140 Å². The number of ether oxygens (including phenoxy) is 1. The monoisotopic (exact) mass is 772 g/mol. The molecular formula is C51H50NO6. The molecule has 1 saturated heterocycles. The van der Waals surface area contributed by atoms with E-state index in [1.165, 1.54) is 64.2 Å². The van der Waals surface area contributed by atoms with Gasteiger partial charge in [0.05, 0.1) is 37.1 Å². The molecule has 1 radical (unpaired) electrons. The SMILES string of the molecule is CC#CC#CC#CC#CC#CC#CC#CC#CC#CC#CC#CC#CC(=O)N[C@@H](CCC1OC(CO)C(O)[CH]C1O)[C@H](O)/C=C/CCCCCCCCCCCCC. The smallest absolute Gasteiger partial charge is 0.297 e. The lowest BCUT2D eigenvalue weighted by Crippen LogP contribution is -2.50. The predicted molar refractivity (Wildman–Crippen MR) is 228 cm³/mol. The molecule has 58 heavy (non-hydrogen) atoms. The lowest BCUT2D eigenvalue weighted by Gasteiger charge is -2.37. The highest BCUT2D eigenvalue weighted by Crippen LogP contribution is 2.24. The van der Waals surface area contributed by atoms with Gasteiger partial charge in [0.1, 0.15) is 6.10 Å². The first-order valence-electron chi connectivity index (χ1n) is 19.5. The van der Waals surface area contributed by atoms with E-state index in [2.05, 4.69) is 154 Å². The van der Waals surface area contributed by atoms with Crippen molar-refractivity contribution in [2.75, 3.05) is 6.61 Å². The molecule has 4 unspecified atom stereocenters. The van der Waals surface area contributed by atoms with Crippen molar-refractivity contribution < 1.29 is 30.0 Å². The Hall–Kier alpha value is -6.27. The van der Waals surface area contributed by atoms with Gasteiger partial charge in [-0.25, -0.2) is 0 Å². The Morgan fingerprint density at radius 2 is 1.05 bits per heavy atom. The average molecular weight is 773 g/mol. The van der Waals surface area contributed by atoms with Gasteiger partial charge in [-0.15, -0.1) is 0 Å². The molecule has 1 fully saturated rings. The highest BCUT2D eigenvalue weighted by atomic mass is 16.5. The third-order valence-corrected chi connectivity index (χ3v) is 8.10. The summed E-state index contributed by atoms with van der Waals surface area (Å²) in [5.41, 5.74) is 0. The van der Waals surface area contributed by atoms with E-state index in [0.717, 1.165) is 19.3 Å². The maximum absolute atomic E-state index is 12.7. The number of hydrogen-bond acceptors (Lipinski definition) is 6. The van der Waals surface area contributed by atoms with Gasteiger partial charge in [-0.2, -0.15) is 0 Å². The molecule has 0 saturated carbocycles. The molecule has 0 aromatic rings. The molecule has 1 rings (SSSR count). The van der Waals surface area contributed by atoms with Crippen LogP contribution in [0.5, 0.6) is 0 Å². The van der Waals surface area contributed by atoms with Gasteiger partial charge in [-0.3, -0.25) is 4.79 Å². The van der Waals surface area contributed by atoms with Gasteiger partial charge >= 0.3 is 0 Å². The average Bonchev–Trinajstić information content (AvgIpc) is 3.21. The summed E-state index contributed by atoms with van der Waals surface area (Å²) in [6.45, 7) is 3.50. The zero-order valence-electron chi connectivity index (χ0n) is 33.4. The standard InChI is InChI=1S/C51H50NO6/c1-3-5-7-9-11-13-15-17-18-19-20-21-22-23-24-25-26-28-30-32-34-36-38-40-51(57)52-45(41-42-49-47(55)43-48(56)50(44-53)58-49)46(54)39-37-35-33-31-29-27-16-14-12-10-8-6-4-2/h37,39,43,45-50,53-56H,4,6,8,10,12,14,16,27,29,31,33,35,41-42,44H2,1-2H3,(H,52,57)/b39-37+/t45-,46+,47?,48?,49?,50?/m0/s1. The van der Waals surface area contributed by atoms with E-state index in [1.807, 2.05) is 6.08 Å². The summed E-state index contributed by atoms with van der Waals surface area (Å²) in [5.74, 6) is 59.4. The lowest BCUT2D eigenvalue weighted by atomic mass is 9.93. The molecule has 0 aliphatic carbocycles. The molecule has 0 bridgehead atoms. The fourth-order valence-electron chi connectivity index (χ4n) is 5.17. The molecule has 0 spiro atoms. The van der Waals surface area contributed by atoms with Crippen LogP contribution in [0.1, 0.15) is 104 Å². The Labute approximate surface area is 347 Å². The van der Waals surface area contributed by atoms with Crippen LogP contribution in [0.25, 0.3) is 0 Å². The van der Waals surface area contributed by atoms with Crippen LogP contribution in [0.2, 0.25) is 0 Å². The third-order valence-electron chi connectivity index (χ3n) is 8.10. The summed E-state index contributed by atoms with van der Waals surface area (Å²) in [6, 6.07) is -0.747. The van der Waals surface area contributed by atoms with Crippen LogP contribution in [-0.2, 0) is 9.53 Å². The number of carbonyl (C=O) groups is 1. The van der Waals surface area contributed by atoms with Crippen LogP contribution < -0.4 is 5.32 Å². The van der Waals surface area contributed by atoms with E-state index in [4.69, 9.17) is 4.74 Å². The van der Waals surface area contributed by atoms with E-state index in [0.29, 0.717) is 0 Å². The van der Waals surface area contributed by atoms with Gasteiger partial charge in [0.25, 0.3) is 5.91 Å². The topological polar surface area (TPSA) is 119 Å². The summed E-state index contributed by atoms with van der Waals surface area (Å²) in [4.78, 5) is 12.7. The molecule has 5 N–H and O–H groups in total. The van der Waals surface area contributed by atoms with Gasteiger partial charge in [-0.05, 0) is 127 Å². The molecule has 1 aliphatic rings. The minimum atomic E-state index is -1.10. The largest absolute Gasteiger partial charge is 0.394 e. The number of nitrogens with one attached hydrogen (secondary N) is 1. The van der Waals surface area contributed by atoms with Gasteiger partial charge in [0, 0.05) is 47.9 Å². The number of rotatable bonds is 19. The fraction of sp³-hybridized carbons (Fsp3) is 0.451. The zero-order valence-corrected chi connectivity index (χ0v) is 33.4. The van der Waals surface area contributed by atoms with Gasteiger partial charge in [0.15, 0.2) is 0 Å². The molecule has 295 valence electrons. The molecular weight excluding hydrogens is 723 g/mol. The number of allylic oxidation sites excluding steroid dienone is 1. The van der Waals surface area contributed by atoms with Gasteiger partial charge in [-0.1, -0.05) is 89.2 Å². The second kappa shape index (κ2) is 36.4. The van der Waals surface area contributed by atoms with Gasteiger partial charge < -0.3 is 30.5 Å². The van der Waals surface area contributed by atoms with Gasteiger partial charge in [0.2, 0.25) is 0 Å². The van der Waals surface area contributed by atoms with Crippen molar-refractivity contribution in [3.05, 3.63) is 18.6 Å². The molecule has 6 atom stereocenters. The molecule has 7 nitrogen and oxygen atoms in total. The van der Waals surface area contributed by atoms with Crippen LogP contribution in [-0.4, -0.2) is 69.5 Å². The summed E-state index contributed by atoms with van der Waals surface area (Å²) in [7, 11) is 0. The van der Waals surface area contributed by atoms with E-state index in [1.54, 1.807) is 13.0 Å². The van der Waals surface area contributed by atoms with E-state index in [-0.39, 0.29) is 12.8 Å². The number of carbonyl (C=O) groups excluding carboxylic acids is 1. The summed E-state index contributed by atoms with van der Waals surface area (Å²) < 4.78 is 5.66. The van der Waals surface area contributed by atoms with Crippen LogP contribution in [0.15, 0.2) is 12.2 Å². The van der Waals surface area contributed by atoms with E-state index >= 15 is 0 Å². The third kappa shape index (κ3) is 28.2. The van der Waals surface area contributed by atoms with Crippen molar-refractivity contribution in [3.63, 3.8) is 0 Å². The Bertz CT molecular complexity index is 2110. The Balaban J connectivity index is 2.67. The second-order valence-corrected chi connectivity index (χ2v) is 12.6. The number of hydrogen-bond donors (Lipinski definition) is 5. The minimum absolute atomic E-state index is 0.229. The fourth-order valence-corrected chi connectivity index (χ4v) is 5.17. The summed E-state index contributed by atoms with van der Waals surface area (Å²) >= 11 is 0. The van der Waals surface area contributed by atoms with Crippen LogP contribution >= 0.6 is 0 Å². The Kier molecular flexibility index (Phi) is 31.2. The normalized spacial score (nSPS) is 16.2. The summed E-state index contributed by atoms with van der Waals surface area (Å²) in [5, 5.41) is 43.6. The van der Waals surface area contributed by atoms with Crippen molar-refractivity contribution in [1.29, 1.82) is 0 Å². The number of aliphatic hydroxyl groups is 4. The van der Waals surface area contributed by atoms with E-state index < -0.39 is 49.1 Å². The predicted octanol–water partition coefficient (Wildman–Crippen LogP) is 3.62. The molecule has 0 aromatic heterocycles. The molecule has 1 amide bonds. The maximum Gasteiger partial charge on any atom is 0.297 e. The van der Waals surface area contributed by atoms with Crippen molar-refractivity contribution in [1.82, 2.24) is 5.32 Å². The van der Waals surface area contributed by atoms with Crippen LogP contribution in [0, 0.1) is 149 Å². The minimum Gasteiger partial charge on any atom is -0.394 e. The van der Waals surface area contributed by atoms with Crippen LogP contribution in [0.4, 0.5) is 0 Å². The molecule has 7 heteroatoms. The first-order valence-corrected chi connectivity index (χ1v) is 19.5. The molecule has 0 aromatic carbocycles. The maximum atomic E-state index is 12.7.